The number of hydrogen-bond acceptors (Lipinski definition) is 3. The third-order valence-electron chi connectivity index (χ3n) is 3.84. The molecular formula is C12H24N2S. The summed E-state index contributed by atoms with van der Waals surface area (Å²) in [4.78, 5) is 2.62. The van der Waals surface area contributed by atoms with Crippen molar-refractivity contribution in [3.05, 3.63) is 0 Å². The first-order valence-corrected chi connectivity index (χ1v) is 7.53. The monoisotopic (exact) mass is 228 g/mol. The maximum absolute atomic E-state index is 6.38. The molecule has 1 saturated heterocycles. The topological polar surface area (TPSA) is 29.3 Å². The third-order valence-corrected chi connectivity index (χ3v) is 4.89. The number of hydrogen-bond donors (Lipinski definition) is 1. The molecule has 0 bridgehead atoms. The molecule has 1 aliphatic heterocycles. The minimum absolute atomic E-state index is 0.194. The second kappa shape index (κ2) is 5.55. The van der Waals surface area contributed by atoms with Gasteiger partial charge in [-0.15, -0.1) is 0 Å². The maximum atomic E-state index is 6.38. The standard InChI is InChI=1S/C12H24N2S/c13-12(4-1-2-5-12)6-8-14-7-3-10-15-11-9-14/h1-11,13H2. The average molecular weight is 228 g/mol. The van der Waals surface area contributed by atoms with Crippen molar-refractivity contribution >= 4 is 11.8 Å². The van der Waals surface area contributed by atoms with Gasteiger partial charge >= 0.3 is 0 Å². The van der Waals surface area contributed by atoms with Gasteiger partial charge in [0.15, 0.2) is 0 Å². The van der Waals surface area contributed by atoms with Crippen LogP contribution < -0.4 is 5.73 Å². The molecule has 2 N–H and O–H groups in total. The summed E-state index contributed by atoms with van der Waals surface area (Å²) in [6.45, 7) is 3.81. The highest BCUT2D eigenvalue weighted by Gasteiger charge is 2.29. The Labute approximate surface area is 98.0 Å². The van der Waals surface area contributed by atoms with Crippen LogP contribution in [0.2, 0.25) is 0 Å². The van der Waals surface area contributed by atoms with Gasteiger partial charge in [-0.1, -0.05) is 12.8 Å². The van der Waals surface area contributed by atoms with Crippen LogP contribution in [0.3, 0.4) is 0 Å². The molecule has 2 nitrogen and oxygen atoms in total. The van der Waals surface area contributed by atoms with Crippen LogP contribution in [0, 0.1) is 0 Å². The van der Waals surface area contributed by atoms with E-state index in [-0.39, 0.29) is 5.54 Å². The zero-order valence-electron chi connectivity index (χ0n) is 9.71. The molecule has 2 aliphatic rings. The lowest BCUT2D eigenvalue weighted by molar-refractivity contribution is 0.253. The highest BCUT2D eigenvalue weighted by Crippen LogP contribution is 2.30. The van der Waals surface area contributed by atoms with E-state index >= 15 is 0 Å². The summed E-state index contributed by atoms with van der Waals surface area (Å²) in [5, 5.41) is 0. The molecule has 2 rings (SSSR count). The number of nitrogens with two attached hydrogens (primary N) is 1. The summed E-state index contributed by atoms with van der Waals surface area (Å²) >= 11 is 2.10. The largest absolute Gasteiger partial charge is 0.325 e. The van der Waals surface area contributed by atoms with E-state index < -0.39 is 0 Å². The maximum Gasteiger partial charge on any atom is 0.0166 e. The first-order chi connectivity index (χ1) is 7.29. The van der Waals surface area contributed by atoms with Crippen LogP contribution in [0.1, 0.15) is 38.5 Å². The fourth-order valence-corrected chi connectivity index (χ4v) is 3.66. The normalized spacial score (nSPS) is 27.8. The second-order valence-corrected chi connectivity index (χ2v) is 6.35. The lowest BCUT2D eigenvalue weighted by Crippen LogP contribution is -2.41. The molecule has 0 amide bonds. The Balaban J connectivity index is 1.71. The van der Waals surface area contributed by atoms with E-state index in [0.29, 0.717) is 0 Å². The quantitative estimate of drug-likeness (QED) is 0.802. The third kappa shape index (κ3) is 3.65. The zero-order valence-corrected chi connectivity index (χ0v) is 10.5. The fourth-order valence-electron chi connectivity index (χ4n) is 2.73. The number of thioether (sulfide) groups is 1. The Bertz CT molecular complexity index is 182. The van der Waals surface area contributed by atoms with Crippen molar-refractivity contribution in [1.29, 1.82) is 0 Å². The van der Waals surface area contributed by atoms with E-state index in [1.54, 1.807) is 0 Å². The van der Waals surface area contributed by atoms with E-state index in [1.807, 2.05) is 0 Å². The van der Waals surface area contributed by atoms with Crippen molar-refractivity contribution in [1.82, 2.24) is 4.90 Å². The van der Waals surface area contributed by atoms with Gasteiger partial charge in [-0.25, -0.2) is 0 Å². The van der Waals surface area contributed by atoms with Gasteiger partial charge < -0.3 is 10.6 Å². The molecule has 3 heteroatoms. The lowest BCUT2D eigenvalue weighted by atomic mass is 9.94. The van der Waals surface area contributed by atoms with Crippen molar-refractivity contribution in [2.45, 2.75) is 44.1 Å². The molecule has 88 valence electrons. The van der Waals surface area contributed by atoms with E-state index in [1.165, 1.54) is 69.7 Å². The van der Waals surface area contributed by atoms with Gasteiger partial charge in [0.25, 0.3) is 0 Å². The summed E-state index contributed by atoms with van der Waals surface area (Å²) in [6.07, 6.45) is 7.81. The number of rotatable bonds is 3. The summed E-state index contributed by atoms with van der Waals surface area (Å²) < 4.78 is 0. The molecular weight excluding hydrogens is 204 g/mol. The smallest absolute Gasteiger partial charge is 0.0166 e. The van der Waals surface area contributed by atoms with E-state index in [4.69, 9.17) is 5.73 Å². The first kappa shape index (κ1) is 11.7. The first-order valence-electron chi connectivity index (χ1n) is 6.38. The Morgan fingerprint density at radius 3 is 2.67 bits per heavy atom. The SMILES string of the molecule is NC1(CCN2CCCSCC2)CCCC1. The van der Waals surface area contributed by atoms with Crippen LogP contribution in [0.5, 0.6) is 0 Å². The Morgan fingerprint density at radius 2 is 1.87 bits per heavy atom. The zero-order chi connectivity index (χ0) is 10.6. The Hall–Kier alpha value is 0.270. The van der Waals surface area contributed by atoms with Gasteiger partial charge in [-0.3, -0.25) is 0 Å². The van der Waals surface area contributed by atoms with Crippen LogP contribution in [0.4, 0.5) is 0 Å². The van der Waals surface area contributed by atoms with Crippen LogP contribution in [0.15, 0.2) is 0 Å². The summed E-state index contributed by atoms with van der Waals surface area (Å²) in [6, 6.07) is 0. The Kier molecular flexibility index (Phi) is 4.35. The molecule has 1 saturated carbocycles. The molecule has 15 heavy (non-hydrogen) atoms. The highest BCUT2D eigenvalue weighted by atomic mass is 32.2. The van der Waals surface area contributed by atoms with Gasteiger partial charge in [0.05, 0.1) is 0 Å². The van der Waals surface area contributed by atoms with E-state index in [0.717, 1.165) is 0 Å². The van der Waals surface area contributed by atoms with Gasteiger partial charge in [0.1, 0.15) is 0 Å². The molecule has 1 heterocycles. The molecule has 0 aromatic heterocycles. The van der Waals surface area contributed by atoms with Crippen LogP contribution >= 0.6 is 11.8 Å². The predicted molar refractivity (Wildman–Crippen MR) is 68.4 cm³/mol. The van der Waals surface area contributed by atoms with Gasteiger partial charge in [0.2, 0.25) is 0 Å². The highest BCUT2D eigenvalue weighted by molar-refractivity contribution is 7.99. The second-order valence-electron chi connectivity index (χ2n) is 5.13. The molecule has 0 atom stereocenters. The van der Waals surface area contributed by atoms with Crippen molar-refractivity contribution in [3.63, 3.8) is 0 Å². The van der Waals surface area contributed by atoms with Crippen molar-refractivity contribution < 1.29 is 0 Å². The van der Waals surface area contributed by atoms with Gasteiger partial charge in [0, 0.05) is 17.8 Å². The van der Waals surface area contributed by atoms with Gasteiger partial charge in [-0.05, 0) is 44.5 Å². The molecule has 0 aromatic carbocycles. The van der Waals surface area contributed by atoms with Crippen molar-refractivity contribution in [2.75, 3.05) is 31.1 Å². The molecule has 0 unspecified atom stereocenters. The van der Waals surface area contributed by atoms with E-state index in [9.17, 15) is 0 Å². The predicted octanol–water partition coefficient (Wildman–Crippen LogP) is 2.09. The minimum Gasteiger partial charge on any atom is -0.325 e. The van der Waals surface area contributed by atoms with Gasteiger partial charge in [-0.2, -0.15) is 11.8 Å². The summed E-state index contributed by atoms with van der Waals surface area (Å²) in [5.74, 6) is 2.67. The molecule has 0 aromatic rings. The van der Waals surface area contributed by atoms with Crippen LogP contribution in [-0.2, 0) is 0 Å². The van der Waals surface area contributed by atoms with Crippen molar-refractivity contribution in [3.8, 4) is 0 Å². The fraction of sp³-hybridized carbons (Fsp3) is 1.00. The van der Waals surface area contributed by atoms with Crippen LogP contribution in [-0.4, -0.2) is 41.6 Å². The molecule has 1 aliphatic carbocycles. The Morgan fingerprint density at radius 1 is 1.07 bits per heavy atom. The average Bonchev–Trinajstić information content (AvgIpc) is 2.53. The molecule has 0 spiro atoms. The minimum atomic E-state index is 0.194. The lowest BCUT2D eigenvalue weighted by Gasteiger charge is -2.28. The molecule has 0 radical (unpaired) electrons. The molecule has 2 fully saturated rings. The number of nitrogens with zero attached hydrogens (tertiary/aromatic N) is 1. The van der Waals surface area contributed by atoms with Crippen molar-refractivity contribution in [2.24, 2.45) is 5.73 Å². The summed E-state index contributed by atoms with van der Waals surface area (Å²) in [7, 11) is 0. The van der Waals surface area contributed by atoms with E-state index in [2.05, 4.69) is 16.7 Å². The summed E-state index contributed by atoms with van der Waals surface area (Å²) in [5.41, 5.74) is 6.58. The van der Waals surface area contributed by atoms with Crippen LogP contribution in [0.25, 0.3) is 0 Å².